The highest BCUT2D eigenvalue weighted by molar-refractivity contribution is 7.90. The van der Waals surface area contributed by atoms with Crippen LogP contribution < -0.4 is 4.72 Å². The van der Waals surface area contributed by atoms with Crippen LogP contribution in [0, 0.1) is 5.92 Å². The fraction of sp³-hybridized carbons (Fsp3) is 0.500. The van der Waals surface area contributed by atoms with E-state index in [-0.39, 0.29) is 23.0 Å². The molecule has 3 heterocycles. The zero-order valence-corrected chi connectivity index (χ0v) is 11.0. The highest BCUT2D eigenvalue weighted by Crippen LogP contribution is 2.38. The van der Waals surface area contributed by atoms with E-state index in [9.17, 15) is 13.2 Å². The van der Waals surface area contributed by atoms with E-state index < -0.39 is 15.9 Å². The monoisotopic (exact) mass is 282 g/mol. The molecule has 1 aromatic heterocycles. The molecular formula is C12H14N2O4S. The summed E-state index contributed by atoms with van der Waals surface area (Å²) in [6.45, 7) is 0. The first-order valence-electron chi connectivity index (χ1n) is 6.18. The number of aromatic nitrogens is 1. The maximum absolute atomic E-state index is 12.0. The average molecular weight is 282 g/mol. The van der Waals surface area contributed by atoms with Gasteiger partial charge in [-0.15, -0.1) is 0 Å². The Balaban J connectivity index is 1.73. The van der Waals surface area contributed by atoms with E-state index >= 15 is 0 Å². The summed E-state index contributed by atoms with van der Waals surface area (Å²) in [7, 11) is -3.83. The van der Waals surface area contributed by atoms with Crippen LogP contribution in [-0.2, 0) is 19.6 Å². The number of sulfonamides is 1. The SMILES string of the molecule is O=C(NS(=O)(=O)c1cccnc1)[C@@H]1C[C@H]2CC[C@H]1O2. The molecule has 0 spiro atoms. The molecule has 102 valence electrons. The lowest BCUT2D eigenvalue weighted by molar-refractivity contribution is -0.124. The Labute approximate surface area is 111 Å². The molecule has 0 unspecified atom stereocenters. The lowest BCUT2D eigenvalue weighted by atomic mass is 9.89. The number of fused-ring (bicyclic) bond motifs is 2. The van der Waals surface area contributed by atoms with Crippen molar-refractivity contribution >= 4 is 15.9 Å². The molecule has 2 aliphatic heterocycles. The first-order valence-corrected chi connectivity index (χ1v) is 7.67. The predicted molar refractivity (Wildman–Crippen MR) is 65.6 cm³/mol. The second-order valence-corrected chi connectivity index (χ2v) is 6.56. The van der Waals surface area contributed by atoms with Crippen molar-refractivity contribution in [3.63, 3.8) is 0 Å². The minimum atomic E-state index is -3.83. The number of pyridine rings is 1. The highest BCUT2D eigenvalue weighted by atomic mass is 32.2. The maximum atomic E-state index is 12.0. The van der Waals surface area contributed by atoms with Crippen LogP contribution in [0.4, 0.5) is 0 Å². The maximum Gasteiger partial charge on any atom is 0.265 e. The van der Waals surface area contributed by atoms with Crippen LogP contribution in [0.2, 0.25) is 0 Å². The van der Waals surface area contributed by atoms with Crippen molar-refractivity contribution in [3.05, 3.63) is 24.5 Å². The number of nitrogens with one attached hydrogen (secondary N) is 1. The molecule has 0 aliphatic carbocycles. The summed E-state index contributed by atoms with van der Waals surface area (Å²) in [5.41, 5.74) is 0. The smallest absolute Gasteiger partial charge is 0.265 e. The van der Waals surface area contributed by atoms with E-state index in [0.29, 0.717) is 6.42 Å². The zero-order chi connectivity index (χ0) is 13.5. The molecule has 0 saturated carbocycles. The van der Waals surface area contributed by atoms with Gasteiger partial charge < -0.3 is 4.74 Å². The van der Waals surface area contributed by atoms with Crippen molar-refractivity contribution < 1.29 is 17.9 Å². The van der Waals surface area contributed by atoms with Crippen LogP contribution in [-0.4, -0.2) is 31.5 Å². The fourth-order valence-electron chi connectivity index (χ4n) is 2.69. The van der Waals surface area contributed by atoms with Gasteiger partial charge in [-0.1, -0.05) is 0 Å². The molecule has 2 saturated heterocycles. The van der Waals surface area contributed by atoms with Crippen LogP contribution in [0.15, 0.2) is 29.4 Å². The number of hydrogen-bond acceptors (Lipinski definition) is 5. The molecule has 0 aromatic carbocycles. The number of nitrogens with zero attached hydrogens (tertiary/aromatic N) is 1. The third-order valence-electron chi connectivity index (χ3n) is 3.62. The van der Waals surface area contributed by atoms with E-state index in [4.69, 9.17) is 4.74 Å². The minimum absolute atomic E-state index is 0.00701. The molecule has 3 rings (SSSR count). The number of hydrogen-bond donors (Lipinski definition) is 1. The zero-order valence-electron chi connectivity index (χ0n) is 10.2. The predicted octanol–water partition coefficient (Wildman–Crippen LogP) is 0.454. The number of carbonyl (C=O) groups is 1. The summed E-state index contributed by atoms with van der Waals surface area (Å²) in [5, 5.41) is 0. The van der Waals surface area contributed by atoms with Gasteiger partial charge in [-0.05, 0) is 31.4 Å². The van der Waals surface area contributed by atoms with Crippen molar-refractivity contribution in [2.24, 2.45) is 5.92 Å². The highest BCUT2D eigenvalue weighted by Gasteiger charge is 2.45. The fourth-order valence-corrected chi connectivity index (χ4v) is 3.68. The third kappa shape index (κ3) is 2.35. The van der Waals surface area contributed by atoms with Gasteiger partial charge in [-0.2, -0.15) is 0 Å². The molecular weight excluding hydrogens is 268 g/mol. The Morgan fingerprint density at radius 2 is 2.26 bits per heavy atom. The van der Waals surface area contributed by atoms with Gasteiger partial charge in [0.2, 0.25) is 5.91 Å². The van der Waals surface area contributed by atoms with Crippen LogP contribution in [0.3, 0.4) is 0 Å². The summed E-state index contributed by atoms with van der Waals surface area (Å²) in [6, 6.07) is 2.92. The molecule has 0 radical (unpaired) electrons. The van der Waals surface area contributed by atoms with E-state index in [0.717, 1.165) is 12.8 Å². The van der Waals surface area contributed by atoms with E-state index in [1.54, 1.807) is 0 Å². The second kappa shape index (κ2) is 4.57. The van der Waals surface area contributed by atoms with Gasteiger partial charge in [0.25, 0.3) is 10.0 Å². The quantitative estimate of drug-likeness (QED) is 0.870. The lowest BCUT2D eigenvalue weighted by Gasteiger charge is -2.17. The van der Waals surface area contributed by atoms with Crippen molar-refractivity contribution in [2.45, 2.75) is 36.4 Å². The standard InChI is InChI=1S/C12H14N2O4S/c15-12(10-6-8-3-4-11(10)18-8)14-19(16,17)9-2-1-5-13-7-9/h1-2,5,7-8,10-11H,3-4,6H2,(H,14,15)/t8-,10-,11-/m1/s1. The average Bonchev–Trinajstić information content (AvgIpc) is 3.01. The van der Waals surface area contributed by atoms with Gasteiger partial charge in [-0.25, -0.2) is 13.1 Å². The number of ether oxygens (including phenoxy) is 1. The Bertz CT molecular complexity index is 587. The molecule has 19 heavy (non-hydrogen) atoms. The largest absolute Gasteiger partial charge is 0.374 e. The molecule has 2 aliphatic rings. The number of carbonyl (C=O) groups excluding carboxylic acids is 1. The van der Waals surface area contributed by atoms with Gasteiger partial charge >= 0.3 is 0 Å². The Kier molecular flexibility index (Phi) is 3.02. The Morgan fingerprint density at radius 3 is 2.84 bits per heavy atom. The topological polar surface area (TPSA) is 85.4 Å². The van der Waals surface area contributed by atoms with Crippen LogP contribution in [0.25, 0.3) is 0 Å². The third-order valence-corrected chi connectivity index (χ3v) is 4.95. The van der Waals surface area contributed by atoms with E-state index in [1.165, 1.54) is 24.5 Å². The number of rotatable bonds is 3. The van der Waals surface area contributed by atoms with E-state index in [2.05, 4.69) is 9.71 Å². The molecule has 2 bridgehead atoms. The van der Waals surface area contributed by atoms with Crippen molar-refractivity contribution in [2.75, 3.05) is 0 Å². The second-order valence-electron chi connectivity index (χ2n) is 4.87. The molecule has 7 heteroatoms. The number of amides is 1. The summed E-state index contributed by atoms with van der Waals surface area (Å²) in [4.78, 5) is 15.8. The Morgan fingerprint density at radius 1 is 1.42 bits per heavy atom. The molecule has 2 fully saturated rings. The first-order chi connectivity index (χ1) is 9.06. The summed E-state index contributed by atoms with van der Waals surface area (Å²) in [6.07, 6.45) is 5.08. The minimum Gasteiger partial charge on any atom is -0.374 e. The lowest BCUT2D eigenvalue weighted by Crippen LogP contribution is -2.39. The van der Waals surface area contributed by atoms with Gasteiger partial charge in [0.05, 0.1) is 18.1 Å². The van der Waals surface area contributed by atoms with Crippen molar-refractivity contribution in [1.29, 1.82) is 0 Å². The molecule has 1 aromatic rings. The summed E-state index contributed by atoms with van der Waals surface area (Å²) >= 11 is 0. The molecule has 3 atom stereocenters. The van der Waals surface area contributed by atoms with Crippen LogP contribution >= 0.6 is 0 Å². The summed E-state index contributed by atoms with van der Waals surface area (Å²) in [5.74, 6) is -0.832. The van der Waals surface area contributed by atoms with Gasteiger partial charge in [-0.3, -0.25) is 9.78 Å². The van der Waals surface area contributed by atoms with E-state index in [1.807, 2.05) is 0 Å². The molecule has 1 N–H and O–H groups in total. The first kappa shape index (κ1) is 12.6. The van der Waals surface area contributed by atoms with Gasteiger partial charge in [0, 0.05) is 12.4 Å². The molecule has 1 amide bonds. The van der Waals surface area contributed by atoms with Gasteiger partial charge in [0.1, 0.15) is 4.90 Å². The van der Waals surface area contributed by atoms with Crippen molar-refractivity contribution in [3.8, 4) is 0 Å². The molecule has 6 nitrogen and oxygen atoms in total. The normalized spacial score (nSPS) is 29.4. The van der Waals surface area contributed by atoms with Gasteiger partial charge in [0.15, 0.2) is 0 Å². The van der Waals surface area contributed by atoms with Crippen LogP contribution in [0.1, 0.15) is 19.3 Å². The summed E-state index contributed by atoms with van der Waals surface area (Å²) < 4.78 is 31.7. The van der Waals surface area contributed by atoms with Crippen molar-refractivity contribution in [1.82, 2.24) is 9.71 Å². The van der Waals surface area contributed by atoms with Crippen LogP contribution in [0.5, 0.6) is 0 Å². The Hall–Kier alpha value is -1.47.